The SMILES string of the molecule is O=C(Cc1cccc(C(F)(F)F)c1)N1CCSCC1. The second-order valence-corrected chi connectivity index (χ2v) is 5.59. The van der Waals surface area contributed by atoms with Crippen molar-refractivity contribution in [1.82, 2.24) is 4.90 Å². The topological polar surface area (TPSA) is 20.3 Å². The van der Waals surface area contributed by atoms with Crippen molar-refractivity contribution in [3.8, 4) is 0 Å². The van der Waals surface area contributed by atoms with Crippen LogP contribution in [-0.2, 0) is 17.4 Å². The van der Waals surface area contributed by atoms with E-state index >= 15 is 0 Å². The van der Waals surface area contributed by atoms with Crippen LogP contribution in [0.25, 0.3) is 0 Å². The molecule has 0 spiro atoms. The Kier molecular flexibility index (Phi) is 4.39. The number of halogens is 3. The molecule has 1 amide bonds. The number of hydrogen-bond donors (Lipinski definition) is 0. The van der Waals surface area contributed by atoms with E-state index in [1.165, 1.54) is 6.07 Å². The smallest absolute Gasteiger partial charge is 0.341 e. The molecule has 104 valence electrons. The molecular formula is C13H14F3NOS. The van der Waals surface area contributed by atoms with Gasteiger partial charge in [-0.3, -0.25) is 4.79 Å². The Morgan fingerprint density at radius 1 is 1.26 bits per heavy atom. The Morgan fingerprint density at radius 2 is 1.95 bits per heavy atom. The average molecular weight is 289 g/mol. The standard InChI is InChI=1S/C13H14F3NOS/c14-13(15,16)11-3-1-2-10(8-11)9-12(18)17-4-6-19-7-5-17/h1-3,8H,4-7,9H2. The summed E-state index contributed by atoms with van der Waals surface area (Å²) in [6, 6.07) is 4.98. The molecular weight excluding hydrogens is 275 g/mol. The first-order valence-corrected chi connectivity index (χ1v) is 7.14. The molecule has 0 unspecified atom stereocenters. The summed E-state index contributed by atoms with van der Waals surface area (Å²) in [7, 11) is 0. The number of carbonyl (C=O) groups is 1. The van der Waals surface area contributed by atoms with E-state index in [2.05, 4.69) is 0 Å². The summed E-state index contributed by atoms with van der Waals surface area (Å²) in [4.78, 5) is 13.7. The van der Waals surface area contributed by atoms with Gasteiger partial charge in [0, 0.05) is 24.6 Å². The Bertz CT molecular complexity index is 455. The van der Waals surface area contributed by atoms with Gasteiger partial charge in [0.2, 0.25) is 5.91 Å². The van der Waals surface area contributed by atoms with Gasteiger partial charge < -0.3 is 4.90 Å². The zero-order valence-corrected chi connectivity index (χ0v) is 11.1. The summed E-state index contributed by atoms with van der Waals surface area (Å²) in [5.74, 6) is 1.70. The summed E-state index contributed by atoms with van der Waals surface area (Å²) in [6.45, 7) is 1.37. The first-order chi connectivity index (χ1) is 8.97. The predicted molar refractivity (Wildman–Crippen MR) is 69.1 cm³/mol. The summed E-state index contributed by atoms with van der Waals surface area (Å²) >= 11 is 1.79. The van der Waals surface area contributed by atoms with Gasteiger partial charge in [-0.1, -0.05) is 18.2 Å². The van der Waals surface area contributed by atoms with Crippen LogP contribution in [0.5, 0.6) is 0 Å². The quantitative estimate of drug-likeness (QED) is 0.834. The minimum Gasteiger partial charge on any atom is -0.341 e. The molecule has 1 saturated heterocycles. The predicted octanol–water partition coefficient (Wildman–Crippen LogP) is 2.82. The van der Waals surface area contributed by atoms with Gasteiger partial charge >= 0.3 is 6.18 Å². The van der Waals surface area contributed by atoms with E-state index in [0.29, 0.717) is 18.7 Å². The number of hydrogen-bond acceptors (Lipinski definition) is 2. The number of carbonyl (C=O) groups excluding carboxylic acids is 1. The van der Waals surface area contributed by atoms with Crippen molar-refractivity contribution in [2.75, 3.05) is 24.6 Å². The average Bonchev–Trinajstić information content (AvgIpc) is 2.39. The number of rotatable bonds is 2. The van der Waals surface area contributed by atoms with E-state index in [1.807, 2.05) is 0 Å². The van der Waals surface area contributed by atoms with Crippen molar-refractivity contribution < 1.29 is 18.0 Å². The Morgan fingerprint density at radius 3 is 2.58 bits per heavy atom. The lowest BCUT2D eigenvalue weighted by atomic mass is 10.1. The van der Waals surface area contributed by atoms with Crippen LogP contribution in [-0.4, -0.2) is 35.4 Å². The van der Waals surface area contributed by atoms with Gasteiger partial charge in [-0.25, -0.2) is 0 Å². The summed E-state index contributed by atoms with van der Waals surface area (Å²) in [5.41, 5.74) is -0.287. The maximum atomic E-state index is 12.6. The van der Waals surface area contributed by atoms with E-state index in [1.54, 1.807) is 22.7 Å². The molecule has 19 heavy (non-hydrogen) atoms. The lowest BCUT2D eigenvalue weighted by Gasteiger charge is -2.26. The fourth-order valence-corrected chi connectivity index (χ4v) is 2.86. The van der Waals surface area contributed by atoms with Gasteiger partial charge in [0.1, 0.15) is 0 Å². The molecule has 0 aromatic heterocycles. The van der Waals surface area contributed by atoms with Crippen LogP contribution in [0.4, 0.5) is 13.2 Å². The highest BCUT2D eigenvalue weighted by Gasteiger charge is 2.30. The Hall–Kier alpha value is -1.17. The molecule has 1 fully saturated rings. The molecule has 2 rings (SSSR count). The minimum absolute atomic E-state index is 0.0363. The van der Waals surface area contributed by atoms with E-state index in [0.717, 1.165) is 23.6 Å². The molecule has 6 heteroatoms. The van der Waals surface area contributed by atoms with Gasteiger partial charge in [-0.15, -0.1) is 0 Å². The molecule has 0 radical (unpaired) electrons. The van der Waals surface area contributed by atoms with Crippen molar-refractivity contribution in [1.29, 1.82) is 0 Å². The number of alkyl halides is 3. The number of amides is 1. The molecule has 0 atom stereocenters. The highest BCUT2D eigenvalue weighted by molar-refractivity contribution is 7.99. The normalized spacial score (nSPS) is 16.5. The van der Waals surface area contributed by atoms with Crippen LogP contribution in [0.2, 0.25) is 0 Å². The molecule has 1 aromatic rings. The highest BCUT2D eigenvalue weighted by atomic mass is 32.2. The van der Waals surface area contributed by atoms with E-state index < -0.39 is 11.7 Å². The molecule has 0 saturated carbocycles. The number of benzene rings is 1. The summed E-state index contributed by atoms with van der Waals surface area (Å²) in [5, 5.41) is 0. The fourth-order valence-electron chi connectivity index (χ4n) is 1.96. The second kappa shape index (κ2) is 5.86. The third-order valence-corrected chi connectivity index (χ3v) is 3.92. The lowest BCUT2D eigenvalue weighted by molar-refractivity contribution is -0.138. The van der Waals surface area contributed by atoms with Crippen molar-refractivity contribution in [2.24, 2.45) is 0 Å². The van der Waals surface area contributed by atoms with Crippen LogP contribution in [0.15, 0.2) is 24.3 Å². The molecule has 1 aliphatic rings. The third-order valence-electron chi connectivity index (χ3n) is 2.97. The third kappa shape index (κ3) is 3.89. The Balaban J connectivity index is 2.04. The van der Waals surface area contributed by atoms with Gasteiger partial charge in [-0.2, -0.15) is 24.9 Å². The molecule has 1 heterocycles. The van der Waals surface area contributed by atoms with Crippen molar-refractivity contribution in [3.63, 3.8) is 0 Å². The van der Waals surface area contributed by atoms with Crippen LogP contribution >= 0.6 is 11.8 Å². The fraction of sp³-hybridized carbons (Fsp3) is 0.462. The molecule has 1 aromatic carbocycles. The lowest BCUT2D eigenvalue weighted by Crippen LogP contribution is -2.38. The van der Waals surface area contributed by atoms with E-state index in [-0.39, 0.29) is 12.3 Å². The largest absolute Gasteiger partial charge is 0.416 e. The first-order valence-electron chi connectivity index (χ1n) is 5.98. The summed E-state index contributed by atoms with van der Waals surface area (Å²) < 4.78 is 37.7. The second-order valence-electron chi connectivity index (χ2n) is 4.37. The Labute approximate surface area is 114 Å². The van der Waals surface area contributed by atoms with Gasteiger partial charge in [-0.05, 0) is 11.6 Å². The van der Waals surface area contributed by atoms with Crippen LogP contribution < -0.4 is 0 Å². The zero-order valence-electron chi connectivity index (χ0n) is 10.2. The number of thioether (sulfide) groups is 1. The monoisotopic (exact) mass is 289 g/mol. The van der Waals surface area contributed by atoms with Crippen molar-refractivity contribution in [2.45, 2.75) is 12.6 Å². The molecule has 0 aliphatic carbocycles. The molecule has 0 N–H and O–H groups in total. The zero-order chi connectivity index (χ0) is 13.9. The van der Waals surface area contributed by atoms with Crippen molar-refractivity contribution in [3.05, 3.63) is 35.4 Å². The van der Waals surface area contributed by atoms with Crippen LogP contribution in [0, 0.1) is 0 Å². The maximum absolute atomic E-state index is 12.6. The molecule has 2 nitrogen and oxygen atoms in total. The van der Waals surface area contributed by atoms with Gasteiger partial charge in [0.25, 0.3) is 0 Å². The minimum atomic E-state index is -4.36. The van der Waals surface area contributed by atoms with E-state index in [9.17, 15) is 18.0 Å². The summed E-state index contributed by atoms with van der Waals surface area (Å²) in [6.07, 6.45) is -4.32. The first kappa shape index (κ1) is 14.2. The van der Waals surface area contributed by atoms with Crippen LogP contribution in [0.1, 0.15) is 11.1 Å². The molecule has 0 bridgehead atoms. The molecule has 1 aliphatic heterocycles. The highest BCUT2D eigenvalue weighted by Crippen LogP contribution is 2.29. The van der Waals surface area contributed by atoms with E-state index in [4.69, 9.17) is 0 Å². The van der Waals surface area contributed by atoms with Gasteiger partial charge in [0.05, 0.1) is 12.0 Å². The maximum Gasteiger partial charge on any atom is 0.416 e. The van der Waals surface area contributed by atoms with Crippen molar-refractivity contribution >= 4 is 17.7 Å². The number of nitrogens with zero attached hydrogens (tertiary/aromatic N) is 1. The van der Waals surface area contributed by atoms with Crippen LogP contribution in [0.3, 0.4) is 0 Å². The van der Waals surface area contributed by atoms with Gasteiger partial charge in [0.15, 0.2) is 0 Å².